The van der Waals surface area contributed by atoms with E-state index in [0.29, 0.717) is 58.3 Å². The Kier molecular flexibility index (Phi) is 15.5. The molecule has 0 radical (unpaired) electrons. The van der Waals surface area contributed by atoms with Crippen LogP contribution in [0, 0.1) is 13.8 Å². The molecule has 0 spiro atoms. The second-order valence-corrected chi connectivity index (χ2v) is 18.1. The van der Waals surface area contributed by atoms with Crippen molar-refractivity contribution >= 4 is 31.4 Å². The number of rotatable bonds is 23. The average molecular weight is 873 g/mol. The highest BCUT2D eigenvalue weighted by Crippen LogP contribution is 2.37. The summed E-state index contributed by atoms with van der Waals surface area (Å²) in [5.74, 6) is 1.89. The lowest BCUT2D eigenvalue weighted by molar-refractivity contribution is 0.267. The highest BCUT2D eigenvalue weighted by atomic mass is 32.2. The number of anilines is 2. The number of ether oxygens (including phenoxy) is 4. The summed E-state index contributed by atoms with van der Waals surface area (Å²) in [5.41, 5.74) is 3.98. The Bertz CT molecular complexity index is 2460. The van der Waals surface area contributed by atoms with Gasteiger partial charge in [-0.15, -0.1) is 0 Å². The summed E-state index contributed by atoms with van der Waals surface area (Å²) < 4.78 is 84.8. The summed E-state index contributed by atoms with van der Waals surface area (Å²) in [4.78, 5) is 0.297. The van der Waals surface area contributed by atoms with Crippen LogP contribution < -0.4 is 27.6 Å². The maximum absolute atomic E-state index is 14.4. The molecule has 6 aromatic rings. The maximum Gasteiger partial charge on any atom is 0.264 e. The Balaban J connectivity index is 1.19. The van der Waals surface area contributed by atoms with Crippen molar-refractivity contribution in [3.05, 3.63) is 193 Å². The zero-order chi connectivity index (χ0) is 44.0. The molecule has 0 aliphatic carbocycles. The van der Waals surface area contributed by atoms with Gasteiger partial charge in [0.05, 0.1) is 47.5 Å². The first kappa shape index (κ1) is 45.0. The van der Waals surface area contributed by atoms with Crippen molar-refractivity contribution in [3.63, 3.8) is 0 Å². The van der Waals surface area contributed by atoms with Gasteiger partial charge in [0.1, 0.15) is 36.2 Å². The van der Waals surface area contributed by atoms with Gasteiger partial charge in [-0.05, 0) is 87.4 Å². The number of nitrogens with zero attached hydrogens (tertiary/aromatic N) is 2. The van der Waals surface area contributed by atoms with E-state index in [-0.39, 0.29) is 49.3 Å². The molecule has 322 valence electrons. The molecule has 0 aliphatic heterocycles. The average Bonchev–Trinajstić information content (AvgIpc) is 3.28. The summed E-state index contributed by atoms with van der Waals surface area (Å²) in [7, 11) is -8.13. The summed E-state index contributed by atoms with van der Waals surface area (Å²) in [5, 5.41) is 0. The number of para-hydroxylation sites is 6. The van der Waals surface area contributed by atoms with Crippen molar-refractivity contribution < 1.29 is 35.8 Å². The summed E-state index contributed by atoms with van der Waals surface area (Å²) in [6.07, 6.45) is 4.39. The molecule has 0 aromatic heterocycles. The minimum absolute atomic E-state index is 0.0127. The van der Waals surface area contributed by atoms with E-state index in [1.165, 1.54) is 8.61 Å². The molecule has 0 N–H and O–H groups in total. The van der Waals surface area contributed by atoms with Crippen LogP contribution in [0.3, 0.4) is 0 Å². The molecule has 6 rings (SSSR count). The van der Waals surface area contributed by atoms with Gasteiger partial charge in [-0.25, -0.2) is 16.8 Å². The topological polar surface area (TPSA) is 112 Å². The van der Waals surface area contributed by atoms with E-state index in [2.05, 4.69) is 13.2 Å². The molecular weight excluding hydrogens is 821 g/mol. The standard InChI is InChI=1S/C50H52N2O8S2/c1-5-33-57-47-21-11-7-17-41(47)37-51(61(53,54)43-29-25-39(3)26-30-43)45-19-9-13-23-49(45)59-35-15-16-36-60-50-24-14-10-20-46(50)52(62(55,56)44-31-27-40(4)28-32-44)38-42-18-8-12-22-48(42)58-34-6-2/h5-14,17-32H,1-2,15-16,33-38H2,3-4H3. The van der Waals surface area contributed by atoms with Crippen molar-refractivity contribution in [2.75, 3.05) is 35.0 Å². The lowest BCUT2D eigenvalue weighted by atomic mass is 10.2. The minimum Gasteiger partial charge on any atom is -0.491 e. The smallest absolute Gasteiger partial charge is 0.264 e. The van der Waals surface area contributed by atoms with Gasteiger partial charge < -0.3 is 18.9 Å². The third-order valence-electron chi connectivity index (χ3n) is 9.83. The first-order valence-corrected chi connectivity index (χ1v) is 23.2. The van der Waals surface area contributed by atoms with E-state index in [9.17, 15) is 16.8 Å². The first-order valence-electron chi connectivity index (χ1n) is 20.3. The number of hydrogen-bond donors (Lipinski definition) is 0. The van der Waals surface area contributed by atoms with Gasteiger partial charge in [0.2, 0.25) is 0 Å². The van der Waals surface area contributed by atoms with Crippen molar-refractivity contribution in [1.29, 1.82) is 0 Å². The zero-order valence-corrected chi connectivity index (χ0v) is 36.7. The maximum atomic E-state index is 14.4. The normalized spacial score (nSPS) is 11.3. The van der Waals surface area contributed by atoms with Gasteiger partial charge in [0, 0.05) is 11.1 Å². The largest absolute Gasteiger partial charge is 0.491 e. The molecule has 6 aromatic carbocycles. The Hall–Kier alpha value is -6.50. The molecule has 12 heteroatoms. The quantitative estimate of drug-likeness (QED) is 0.0462. The fourth-order valence-corrected chi connectivity index (χ4v) is 9.48. The molecular formula is C50H52N2O8S2. The van der Waals surface area contributed by atoms with Crippen LogP contribution in [-0.2, 0) is 33.1 Å². The van der Waals surface area contributed by atoms with E-state index in [0.717, 1.165) is 11.1 Å². The van der Waals surface area contributed by atoms with E-state index in [1.807, 2.05) is 50.2 Å². The van der Waals surface area contributed by atoms with Gasteiger partial charge in [0.25, 0.3) is 20.0 Å². The summed E-state index contributed by atoms with van der Waals surface area (Å²) in [6.45, 7) is 12.3. The molecule has 10 nitrogen and oxygen atoms in total. The van der Waals surface area contributed by atoms with Crippen LogP contribution in [-0.4, -0.2) is 43.3 Å². The summed E-state index contributed by atoms with van der Waals surface area (Å²) >= 11 is 0. The van der Waals surface area contributed by atoms with Gasteiger partial charge in [-0.3, -0.25) is 8.61 Å². The minimum atomic E-state index is -4.07. The first-order chi connectivity index (χ1) is 30.0. The molecule has 0 aliphatic rings. The van der Waals surface area contributed by atoms with E-state index < -0.39 is 20.0 Å². The molecule has 0 saturated heterocycles. The highest BCUT2D eigenvalue weighted by Gasteiger charge is 2.30. The van der Waals surface area contributed by atoms with E-state index in [4.69, 9.17) is 18.9 Å². The Morgan fingerprint density at radius 2 is 0.790 bits per heavy atom. The Morgan fingerprint density at radius 1 is 0.452 bits per heavy atom. The van der Waals surface area contributed by atoms with Crippen molar-refractivity contribution in [1.82, 2.24) is 0 Å². The van der Waals surface area contributed by atoms with Crippen LogP contribution in [0.15, 0.2) is 181 Å². The van der Waals surface area contributed by atoms with Crippen molar-refractivity contribution in [2.45, 2.75) is 49.6 Å². The van der Waals surface area contributed by atoms with Gasteiger partial charge >= 0.3 is 0 Å². The number of aryl methyl sites for hydroxylation is 2. The monoisotopic (exact) mass is 872 g/mol. The van der Waals surface area contributed by atoms with Gasteiger partial charge in [-0.1, -0.05) is 121 Å². The van der Waals surface area contributed by atoms with Crippen LogP contribution in [0.25, 0.3) is 0 Å². The number of hydrogen-bond acceptors (Lipinski definition) is 8. The van der Waals surface area contributed by atoms with E-state index in [1.54, 1.807) is 121 Å². The highest BCUT2D eigenvalue weighted by molar-refractivity contribution is 7.93. The Morgan fingerprint density at radius 3 is 1.16 bits per heavy atom. The molecule has 0 atom stereocenters. The molecule has 0 saturated carbocycles. The van der Waals surface area contributed by atoms with Crippen LogP contribution in [0.1, 0.15) is 35.1 Å². The molecule has 0 unspecified atom stereocenters. The van der Waals surface area contributed by atoms with Crippen molar-refractivity contribution in [3.8, 4) is 23.0 Å². The van der Waals surface area contributed by atoms with Crippen LogP contribution in [0.4, 0.5) is 11.4 Å². The van der Waals surface area contributed by atoms with Gasteiger partial charge in [0.15, 0.2) is 0 Å². The predicted molar refractivity (Wildman–Crippen MR) is 246 cm³/mol. The van der Waals surface area contributed by atoms with E-state index >= 15 is 0 Å². The summed E-state index contributed by atoms with van der Waals surface area (Å²) in [6, 6.07) is 42.3. The lowest BCUT2D eigenvalue weighted by Crippen LogP contribution is -2.31. The van der Waals surface area contributed by atoms with Crippen molar-refractivity contribution in [2.24, 2.45) is 0 Å². The van der Waals surface area contributed by atoms with Crippen LogP contribution >= 0.6 is 0 Å². The fourth-order valence-electron chi connectivity index (χ4n) is 6.57. The predicted octanol–water partition coefficient (Wildman–Crippen LogP) is 10.5. The second-order valence-electron chi connectivity index (χ2n) is 14.4. The molecule has 0 bridgehead atoms. The Labute approximate surface area is 366 Å². The molecule has 0 heterocycles. The lowest BCUT2D eigenvalue weighted by Gasteiger charge is -2.27. The number of sulfonamides is 2. The van der Waals surface area contributed by atoms with Crippen LogP contribution in [0.5, 0.6) is 23.0 Å². The third kappa shape index (κ3) is 11.2. The number of benzene rings is 6. The SMILES string of the molecule is C=CCOc1ccccc1CN(c1ccccc1OCCCCOc1ccccc1N(Cc1ccccc1OCC=C)S(=O)(=O)c1ccc(C)cc1)S(=O)(=O)c1ccc(C)cc1. The second kappa shape index (κ2) is 21.3. The fraction of sp³-hybridized carbons (Fsp3) is 0.200. The molecule has 0 fully saturated rings. The van der Waals surface area contributed by atoms with Crippen LogP contribution in [0.2, 0.25) is 0 Å². The van der Waals surface area contributed by atoms with Gasteiger partial charge in [-0.2, -0.15) is 0 Å². The third-order valence-corrected chi connectivity index (χ3v) is 13.4. The number of unbranched alkanes of at least 4 members (excludes halogenated alkanes) is 1. The molecule has 0 amide bonds. The zero-order valence-electron chi connectivity index (χ0n) is 35.1. The molecule has 62 heavy (non-hydrogen) atoms.